The van der Waals surface area contributed by atoms with Crippen molar-refractivity contribution in [1.82, 2.24) is 0 Å². The van der Waals surface area contributed by atoms with Crippen LogP contribution in [-0.4, -0.2) is 40.2 Å². The number of hydrogen-bond donors (Lipinski definition) is 3. The molecule has 0 spiro atoms. The van der Waals surface area contributed by atoms with Gasteiger partial charge in [-0.3, -0.25) is 0 Å². The molecule has 0 saturated heterocycles. The first-order valence-corrected chi connectivity index (χ1v) is 6.39. The van der Waals surface area contributed by atoms with Crippen molar-refractivity contribution in [2.24, 2.45) is 11.8 Å². The van der Waals surface area contributed by atoms with Crippen LogP contribution in [0.3, 0.4) is 0 Å². The number of phosphoric ester groups is 1. The smallest absolute Gasteiger partial charge is 0.790 e. The van der Waals surface area contributed by atoms with Crippen LogP contribution in [0.25, 0.3) is 0 Å². The van der Waals surface area contributed by atoms with Crippen molar-refractivity contribution in [2.75, 3.05) is 6.61 Å². The van der Waals surface area contributed by atoms with Crippen LogP contribution >= 0.6 is 7.82 Å². The molecular weight excluding hydrogens is 317 g/mol. The van der Waals surface area contributed by atoms with Crippen molar-refractivity contribution >= 4 is 7.82 Å². The molecule has 18 heavy (non-hydrogen) atoms. The molecule has 1 aliphatic carbocycles. The summed E-state index contributed by atoms with van der Waals surface area (Å²) in [5.74, 6) is -0.977. The zero-order valence-electron chi connectivity index (χ0n) is 10.7. The van der Waals surface area contributed by atoms with E-state index >= 15 is 0 Å². The molecule has 1 fully saturated rings. The van der Waals surface area contributed by atoms with Gasteiger partial charge in [0.1, 0.15) is 6.10 Å². The van der Waals surface area contributed by atoms with Crippen LogP contribution in [-0.2, 0) is 9.09 Å². The van der Waals surface area contributed by atoms with Crippen molar-refractivity contribution in [3.05, 3.63) is 0 Å². The van der Waals surface area contributed by atoms with Crippen molar-refractivity contribution in [2.45, 2.75) is 31.7 Å². The average molecular weight is 332 g/mol. The van der Waals surface area contributed by atoms with E-state index in [4.69, 9.17) is 0 Å². The Labute approximate surface area is 191 Å². The molecule has 96 valence electrons. The fraction of sp³-hybridized carbons (Fsp3) is 1.00. The molecule has 0 bridgehead atoms. The van der Waals surface area contributed by atoms with E-state index in [-0.39, 0.29) is 115 Å². The minimum atomic E-state index is -5.07. The first-order chi connectivity index (χ1) is 7.22. The summed E-state index contributed by atoms with van der Waals surface area (Å²) in [6.45, 7) is 1.18. The standard InChI is InChI=1S/C8H17O7P.2K/c1-4-2-5(3-15-16(12,13)14)7(10)8(11)6(4)9;;/h4-11H,2-3H2,1H3,(H2,12,13,14);;/q;2*+1/p-2/t4-,5?,6+,7+,8?;;/m1../s1. The molecule has 0 amide bonds. The summed E-state index contributed by atoms with van der Waals surface area (Å²) in [5, 5.41) is 28.4. The molecular formula is C8H15K2O7P. The Kier molecular flexibility index (Phi) is 13.2. The minimum Gasteiger partial charge on any atom is -0.790 e. The normalized spacial score (nSPS) is 36.4. The second-order valence-electron chi connectivity index (χ2n) is 4.19. The SMILES string of the molecule is C[C@@H]1CC(COP(=O)([O-])[O-])[C@H](O)C(O)[C@H]1O.[K+].[K+]. The van der Waals surface area contributed by atoms with Crippen molar-refractivity contribution in [3.63, 3.8) is 0 Å². The van der Waals surface area contributed by atoms with E-state index in [9.17, 15) is 29.7 Å². The molecule has 0 aromatic rings. The van der Waals surface area contributed by atoms with E-state index in [1.807, 2.05) is 0 Å². The summed E-state index contributed by atoms with van der Waals surface area (Å²) < 4.78 is 14.3. The summed E-state index contributed by atoms with van der Waals surface area (Å²) in [7, 11) is -5.07. The Balaban J connectivity index is 0. The first-order valence-electron chi connectivity index (χ1n) is 4.93. The molecule has 10 heteroatoms. The van der Waals surface area contributed by atoms with Crippen molar-refractivity contribution < 1.29 is 137 Å². The molecule has 1 rings (SSSR count). The van der Waals surface area contributed by atoms with Gasteiger partial charge in [0.15, 0.2) is 0 Å². The molecule has 1 saturated carbocycles. The number of aliphatic hydroxyl groups is 3. The third kappa shape index (κ3) is 7.50. The maximum Gasteiger partial charge on any atom is 1.00 e. The van der Waals surface area contributed by atoms with Gasteiger partial charge in [0, 0.05) is 5.92 Å². The van der Waals surface area contributed by atoms with Gasteiger partial charge >= 0.3 is 103 Å². The third-order valence-electron chi connectivity index (χ3n) is 2.89. The van der Waals surface area contributed by atoms with Gasteiger partial charge in [-0.05, 0) is 12.3 Å². The van der Waals surface area contributed by atoms with Crippen LogP contribution in [0.4, 0.5) is 0 Å². The van der Waals surface area contributed by atoms with Gasteiger partial charge in [0.2, 0.25) is 0 Å². The molecule has 5 atom stereocenters. The molecule has 7 nitrogen and oxygen atoms in total. The minimum absolute atomic E-state index is 0. The largest absolute Gasteiger partial charge is 1.00 e. The maximum absolute atomic E-state index is 10.3. The molecule has 3 N–H and O–H groups in total. The summed E-state index contributed by atoms with van der Waals surface area (Å²) >= 11 is 0. The van der Waals surface area contributed by atoms with Crippen molar-refractivity contribution in [3.8, 4) is 0 Å². The van der Waals surface area contributed by atoms with E-state index in [1.54, 1.807) is 6.92 Å². The predicted octanol–water partition coefficient (Wildman–Crippen LogP) is -8.42. The second kappa shape index (κ2) is 10.1. The molecule has 0 heterocycles. The fourth-order valence-corrected chi connectivity index (χ4v) is 2.30. The predicted molar refractivity (Wildman–Crippen MR) is 48.8 cm³/mol. The quantitative estimate of drug-likeness (QED) is 0.345. The Morgan fingerprint density at radius 3 is 2.11 bits per heavy atom. The van der Waals surface area contributed by atoms with Crippen molar-refractivity contribution in [1.29, 1.82) is 0 Å². The van der Waals surface area contributed by atoms with Crippen LogP contribution < -0.4 is 113 Å². The van der Waals surface area contributed by atoms with E-state index in [2.05, 4.69) is 4.52 Å². The summed E-state index contributed by atoms with van der Waals surface area (Å²) in [6, 6.07) is 0. The van der Waals surface area contributed by atoms with Crippen LogP contribution in [0, 0.1) is 11.8 Å². The van der Waals surface area contributed by atoms with E-state index < -0.39 is 38.7 Å². The Bertz CT molecular complexity index is 287. The van der Waals surface area contributed by atoms with Gasteiger partial charge < -0.3 is 34.2 Å². The van der Waals surface area contributed by atoms with Gasteiger partial charge in [0.05, 0.1) is 26.6 Å². The summed E-state index contributed by atoms with van der Waals surface area (Å²) in [6.07, 6.45) is -3.43. The van der Waals surface area contributed by atoms with Crippen LogP contribution in [0.1, 0.15) is 13.3 Å². The van der Waals surface area contributed by atoms with E-state index in [0.29, 0.717) is 0 Å². The van der Waals surface area contributed by atoms with Gasteiger partial charge in [-0.2, -0.15) is 0 Å². The Morgan fingerprint density at radius 2 is 1.67 bits per heavy atom. The van der Waals surface area contributed by atoms with E-state index in [0.717, 1.165) is 0 Å². The number of rotatable bonds is 3. The van der Waals surface area contributed by atoms with E-state index in [1.165, 1.54) is 0 Å². The maximum atomic E-state index is 10.3. The number of hydrogen-bond acceptors (Lipinski definition) is 7. The first kappa shape index (κ1) is 23.5. The average Bonchev–Trinajstić information content (AvgIpc) is 2.17. The van der Waals surface area contributed by atoms with Gasteiger partial charge in [-0.25, -0.2) is 0 Å². The topological polar surface area (TPSA) is 133 Å². The van der Waals surface area contributed by atoms with Crippen LogP contribution in [0.2, 0.25) is 0 Å². The Morgan fingerprint density at radius 1 is 1.17 bits per heavy atom. The molecule has 0 aromatic carbocycles. The molecule has 1 aliphatic rings. The summed E-state index contributed by atoms with van der Waals surface area (Å²) in [4.78, 5) is 20.5. The molecule has 0 aromatic heterocycles. The Hall–Kier alpha value is 3.26. The molecule has 0 radical (unpaired) electrons. The fourth-order valence-electron chi connectivity index (χ4n) is 1.93. The molecule has 2 unspecified atom stereocenters. The van der Waals surface area contributed by atoms with Gasteiger partial charge in [0.25, 0.3) is 0 Å². The second-order valence-corrected chi connectivity index (χ2v) is 5.34. The third-order valence-corrected chi connectivity index (χ3v) is 3.35. The van der Waals surface area contributed by atoms with Gasteiger partial charge in [-0.15, -0.1) is 0 Å². The zero-order chi connectivity index (χ0) is 12.5. The van der Waals surface area contributed by atoms with Crippen LogP contribution in [0.15, 0.2) is 0 Å². The van der Waals surface area contributed by atoms with Gasteiger partial charge in [-0.1, -0.05) is 6.92 Å². The zero-order valence-corrected chi connectivity index (χ0v) is 17.9. The van der Waals surface area contributed by atoms with Crippen LogP contribution in [0.5, 0.6) is 0 Å². The number of aliphatic hydroxyl groups excluding tert-OH is 3. The number of phosphoric acid groups is 1. The summed E-state index contributed by atoms with van der Waals surface area (Å²) in [5.41, 5.74) is 0. The molecule has 0 aliphatic heterocycles. The monoisotopic (exact) mass is 332 g/mol.